The highest BCUT2D eigenvalue weighted by atomic mass is 16.2. The van der Waals surface area contributed by atoms with Gasteiger partial charge in [-0.05, 0) is 37.7 Å². The van der Waals surface area contributed by atoms with Crippen molar-refractivity contribution in [1.82, 2.24) is 14.7 Å². The number of carbonyl (C=O) groups excluding carboxylic acids is 1. The maximum Gasteiger partial charge on any atom is 0.257 e. The number of carbonyl (C=O) groups is 1. The molecule has 1 aromatic carbocycles. The number of aryl methyl sites for hydroxylation is 2. The van der Waals surface area contributed by atoms with Crippen LogP contribution in [0.4, 0.5) is 0 Å². The Balaban J connectivity index is 1.67. The standard InChI is InChI=1S/C18H23N3O/c1-20-14-16(13-19-20)18(22)21-12-6-5-9-17(21)11-10-15-7-3-2-4-8-15/h2-4,7-8,13-14,17H,5-6,9-12H2,1H3/t17-/m1/s1. The zero-order chi connectivity index (χ0) is 15.4. The van der Waals surface area contributed by atoms with Crippen molar-refractivity contribution in [2.24, 2.45) is 7.05 Å². The highest BCUT2D eigenvalue weighted by molar-refractivity contribution is 5.94. The highest BCUT2D eigenvalue weighted by Crippen LogP contribution is 2.23. The van der Waals surface area contributed by atoms with Crippen LogP contribution >= 0.6 is 0 Å². The maximum atomic E-state index is 12.7. The molecule has 1 fully saturated rings. The summed E-state index contributed by atoms with van der Waals surface area (Å²) < 4.78 is 1.69. The molecule has 4 heteroatoms. The summed E-state index contributed by atoms with van der Waals surface area (Å²) >= 11 is 0. The molecule has 0 bridgehead atoms. The predicted molar refractivity (Wildman–Crippen MR) is 86.6 cm³/mol. The van der Waals surface area contributed by atoms with Gasteiger partial charge in [0, 0.05) is 25.8 Å². The fourth-order valence-electron chi connectivity index (χ4n) is 3.24. The number of hydrogen-bond acceptors (Lipinski definition) is 2. The van der Waals surface area contributed by atoms with Crippen LogP contribution in [0.25, 0.3) is 0 Å². The molecule has 1 aliphatic heterocycles. The van der Waals surface area contributed by atoms with Crippen LogP contribution in [0.1, 0.15) is 41.6 Å². The first-order chi connectivity index (χ1) is 10.7. The molecule has 3 rings (SSSR count). The summed E-state index contributed by atoms with van der Waals surface area (Å²) in [5, 5.41) is 4.12. The van der Waals surface area contributed by atoms with Crippen LogP contribution in [0.15, 0.2) is 42.7 Å². The summed E-state index contributed by atoms with van der Waals surface area (Å²) in [6.45, 7) is 0.868. The van der Waals surface area contributed by atoms with Gasteiger partial charge in [-0.15, -0.1) is 0 Å². The first-order valence-corrected chi connectivity index (χ1v) is 8.07. The van der Waals surface area contributed by atoms with E-state index in [-0.39, 0.29) is 5.91 Å². The third-order valence-corrected chi connectivity index (χ3v) is 4.45. The lowest BCUT2D eigenvalue weighted by Gasteiger charge is -2.35. The fraction of sp³-hybridized carbons (Fsp3) is 0.444. The number of aromatic nitrogens is 2. The Hall–Kier alpha value is -2.10. The molecule has 0 radical (unpaired) electrons. The summed E-state index contributed by atoms with van der Waals surface area (Å²) in [5.74, 6) is 0.130. The molecule has 0 saturated carbocycles. The lowest BCUT2D eigenvalue weighted by molar-refractivity contribution is 0.0602. The third-order valence-electron chi connectivity index (χ3n) is 4.45. The number of hydrogen-bond donors (Lipinski definition) is 0. The largest absolute Gasteiger partial charge is 0.336 e. The molecule has 1 aliphatic rings. The second-order valence-corrected chi connectivity index (χ2v) is 6.08. The SMILES string of the molecule is Cn1cc(C(=O)N2CCCC[C@@H]2CCc2ccccc2)cn1. The van der Waals surface area contributed by atoms with E-state index in [2.05, 4.69) is 34.3 Å². The van der Waals surface area contributed by atoms with Gasteiger partial charge in [0.2, 0.25) is 0 Å². The molecule has 4 nitrogen and oxygen atoms in total. The van der Waals surface area contributed by atoms with Crippen molar-refractivity contribution in [3.8, 4) is 0 Å². The zero-order valence-corrected chi connectivity index (χ0v) is 13.1. The van der Waals surface area contributed by atoms with E-state index in [0.29, 0.717) is 11.6 Å². The average molecular weight is 297 g/mol. The minimum absolute atomic E-state index is 0.130. The van der Waals surface area contributed by atoms with Gasteiger partial charge in [-0.3, -0.25) is 9.48 Å². The third kappa shape index (κ3) is 3.38. The van der Waals surface area contributed by atoms with Gasteiger partial charge in [-0.1, -0.05) is 30.3 Å². The number of rotatable bonds is 4. The second-order valence-electron chi connectivity index (χ2n) is 6.08. The van der Waals surface area contributed by atoms with E-state index in [1.165, 1.54) is 12.0 Å². The summed E-state index contributed by atoms with van der Waals surface area (Å²) in [6.07, 6.45) is 8.98. The summed E-state index contributed by atoms with van der Waals surface area (Å²) in [6, 6.07) is 10.9. The van der Waals surface area contributed by atoms with E-state index in [1.54, 1.807) is 10.9 Å². The van der Waals surface area contributed by atoms with E-state index in [4.69, 9.17) is 0 Å². The fourth-order valence-corrected chi connectivity index (χ4v) is 3.24. The van der Waals surface area contributed by atoms with Crippen LogP contribution in [-0.4, -0.2) is 33.2 Å². The molecule has 22 heavy (non-hydrogen) atoms. The maximum absolute atomic E-state index is 12.7. The van der Waals surface area contributed by atoms with Gasteiger partial charge < -0.3 is 4.90 Å². The topological polar surface area (TPSA) is 38.1 Å². The lowest BCUT2D eigenvalue weighted by atomic mass is 9.95. The van der Waals surface area contributed by atoms with Crippen molar-refractivity contribution in [2.45, 2.75) is 38.1 Å². The molecular formula is C18H23N3O. The van der Waals surface area contributed by atoms with Gasteiger partial charge in [-0.2, -0.15) is 5.10 Å². The summed E-state index contributed by atoms with van der Waals surface area (Å²) in [5.41, 5.74) is 2.05. The van der Waals surface area contributed by atoms with Crippen LogP contribution < -0.4 is 0 Å². The van der Waals surface area contributed by atoms with Gasteiger partial charge in [0.05, 0.1) is 11.8 Å². The monoisotopic (exact) mass is 297 g/mol. The predicted octanol–water partition coefficient (Wildman–Crippen LogP) is 3.05. The van der Waals surface area contributed by atoms with Gasteiger partial charge >= 0.3 is 0 Å². The summed E-state index contributed by atoms with van der Waals surface area (Å²) in [4.78, 5) is 14.8. The molecule has 2 heterocycles. The average Bonchev–Trinajstić information content (AvgIpc) is 3.00. The molecule has 1 atom stereocenters. The van der Waals surface area contributed by atoms with Crippen molar-refractivity contribution in [3.63, 3.8) is 0 Å². The van der Waals surface area contributed by atoms with Gasteiger partial charge in [0.1, 0.15) is 0 Å². The van der Waals surface area contributed by atoms with Gasteiger partial charge in [-0.25, -0.2) is 0 Å². The first-order valence-electron chi connectivity index (χ1n) is 8.07. The number of amides is 1. The van der Waals surface area contributed by atoms with Crippen molar-refractivity contribution < 1.29 is 4.79 Å². The molecule has 0 spiro atoms. The van der Waals surface area contributed by atoms with E-state index < -0.39 is 0 Å². The van der Waals surface area contributed by atoms with Crippen molar-refractivity contribution in [2.75, 3.05) is 6.54 Å². The van der Waals surface area contributed by atoms with Crippen LogP contribution in [0, 0.1) is 0 Å². The highest BCUT2D eigenvalue weighted by Gasteiger charge is 2.27. The van der Waals surface area contributed by atoms with E-state index >= 15 is 0 Å². The Morgan fingerprint density at radius 1 is 1.27 bits per heavy atom. The van der Waals surface area contributed by atoms with Crippen LogP contribution in [0.2, 0.25) is 0 Å². The van der Waals surface area contributed by atoms with Crippen LogP contribution in [0.3, 0.4) is 0 Å². The quantitative estimate of drug-likeness (QED) is 0.870. The first kappa shape index (κ1) is 14.8. The smallest absolute Gasteiger partial charge is 0.257 e. The number of benzene rings is 1. The zero-order valence-electron chi connectivity index (χ0n) is 13.1. The molecule has 116 valence electrons. The molecule has 1 amide bonds. The minimum Gasteiger partial charge on any atom is -0.336 e. The van der Waals surface area contributed by atoms with Gasteiger partial charge in [0.15, 0.2) is 0 Å². The van der Waals surface area contributed by atoms with E-state index in [9.17, 15) is 4.79 Å². The Kier molecular flexibility index (Phi) is 4.56. The van der Waals surface area contributed by atoms with Crippen LogP contribution in [-0.2, 0) is 13.5 Å². The Morgan fingerprint density at radius 3 is 2.82 bits per heavy atom. The Bertz CT molecular complexity index is 620. The number of piperidine rings is 1. The van der Waals surface area contributed by atoms with E-state index in [0.717, 1.165) is 32.2 Å². The Labute approximate surface area is 131 Å². The molecule has 1 saturated heterocycles. The minimum atomic E-state index is 0.130. The normalized spacial score (nSPS) is 18.4. The van der Waals surface area contributed by atoms with Crippen molar-refractivity contribution >= 4 is 5.91 Å². The van der Waals surface area contributed by atoms with Gasteiger partial charge in [0.25, 0.3) is 5.91 Å². The summed E-state index contributed by atoms with van der Waals surface area (Å²) in [7, 11) is 1.85. The molecule has 0 N–H and O–H groups in total. The number of likely N-dealkylation sites (tertiary alicyclic amines) is 1. The molecule has 0 aliphatic carbocycles. The lowest BCUT2D eigenvalue weighted by Crippen LogP contribution is -2.43. The van der Waals surface area contributed by atoms with Crippen LogP contribution in [0.5, 0.6) is 0 Å². The second kappa shape index (κ2) is 6.77. The van der Waals surface area contributed by atoms with Crippen molar-refractivity contribution in [3.05, 3.63) is 53.9 Å². The van der Waals surface area contributed by atoms with E-state index in [1.807, 2.05) is 19.3 Å². The molecule has 2 aromatic rings. The molecule has 1 aromatic heterocycles. The number of nitrogens with zero attached hydrogens (tertiary/aromatic N) is 3. The molecule has 0 unspecified atom stereocenters. The Morgan fingerprint density at radius 2 is 2.09 bits per heavy atom. The van der Waals surface area contributed by atoms with Crippen molar-refractivity contribution in [1.29, 1.82) is 0 Å². The molecular weight excluding hydrogens is 274 g/mol.